The second-order valence-electron chi connectivity index (χ2n) is 3.90. The van der Waals surface area contributed by atoms with Gasteiger partial charge in [0.1, 0.15) is 17.2 Å². The first kappa shape index (κ1) is 21.0. The van der Waals surface area contributed by atoms with Crippen LogP contribution in [-0.4, -0.2) is 24.0 Å². The third-order valence-electron chi connectivity index (χ3n) is 2.12. The molecule has 0 aliphatic carbocycles. The summed E-state index contributed by atoms with van der Waals surface area (Å²) < 4.78 is 9.88. The number of primary amides is 2. The maximum atomic E-state index is 10.2. The number of nitrogens with one attached hydrogen (secondary N) is 2. The van der Waals surface area contributed by atoms with Crippen LogP contribution < -0.4 is 22.3 Å². The zero-order valence-corrected chi connectivity index (χ0v) is 13.8. The summed E-state index contributed by atoms with van der Waals surface area (Å²) in [4.78, 5) is 20.3. The third kappa shape index (κ3) is 9.07. The van der Waals surface area contributed by atoms with Crippen LogP contribution in [0.5, 0.6) is 0 Å². The second-order valence-corrected chi connectivity index (χ2v) is 3.90. The van der Waals surface area contributed by atoms with E-state index >= 15 is 0 Å². The van der Waals surface area contributed by atoms with Crippen molar-refractivity contribution < 1.29 is 35.5 Å². The summed E-state index contributed by atoms with van der Waals surface area (Å²) in [6.07, 6.45) is 4.38. The minimum atomic E-state index is -0.701. The van der Waals surface area contributed by atoms with Crippen molar-refractivity contribution in [2.24, 2.45) is 21.7 Å². The SMILES string of the molecule is C/C(=N\NC(N)=O)c1ccco1.NC(=O)N/N=C/c1ccco1.[Mn]. The Morgan fingerprint density at radius 3 is 2.21 bits per heavy atom. The summed E-state index contributed by atoms with van der Waals surface area (Å²) in [6.45, 7) is 1.70. The fourth-order valence-electron chi connectivity index (χ4n) is 1.20. The van der Waals surface area contributed by atoms with E-state index in [2.05, 4.69) is 15.6 Å². The Labute approximate surface area is 147 Å². The van der Waals surface area contributed by atoms with E-state index in [0.29, 0.717) is 17.2 Å². The van der Waals surface area contributed by atoms with Gasteiger partial charge in [-0.2, -0.15) is 10.2 Å². The van der Waals surface area contributed by atoms with Crippen molar-refractivity contribution in [3.63, 3.8) is 0 Å². The van der Waals surface area contributed by atoms with Crippen LogP contribution in [0.2, 0.25) is 0 Å². The van der Waals surface area contributed by atoms with Crippen LogP contribution in [0.15, 0.2) is 55.8 Å². The predicted octanol–water partition coefficient (Wildman–Crippen LogP) is 0.951. The van der Waals surface area contributed by atoms with Crippen LogP contribution in [0, 0.1) is 0 Å². The predicted molar refractivity (Wildman–Crippen MR) is 82.7 cm³/mol. The van der Waals surface area contributed by atoms with Gasteiger partial charge in [0.05, 0.1) is 18.7 Å². The molecule has 0 fully saturated rings. The van der Waals surface area contributed by atoms with E-state index < -0.39 is 12.1 Å². The van der Waals surface area contributed by atoms with E-state index in [1.807, 2.05) is 5.43 Å². The number of hydrogen-bond donors (Lipinski definition) is 4. The van der Waals surface area contributed by atoms with Gasteiger partial charge in [-0.15, -0.1) is 0 Å². The summed E-state index contributed by atoms with van der Waals surface area (Å²) in [7, 11) is 0. The van der Waals surface area contributed by atoms with Gasteiger partial charge in [0.15, 0.2) is 0 Å². The minimum absolute atomic E-state index is 0. The molecule has 0 saturated carbocycles. The summed E-state index contributed by atoms with van der Waals surface area (Å²) in [5.74, 6) is 1.16. The van der Waals surface area contributed by atoms with E-state index in [0.717, 1.165) is 0 Å². The molecule has 24 heavy (non-hydrogen) atoms. The quantitative estimate of drug-likeness (QED) is 0.356. The Bertz CT molecular complexity index is 667. The van der Waals surface area contributed by atoms with E-state index in [1.165, 1.54) is 18.7 Å². The molecule has 2 aromatic heterocycles. The molecule has 0 bridgehead atoms. The number of rotatable bonds is 4. The van der Waals surface area contributed by atoms with Gasteiger partial charge in [-0.25, -0.2) is 20.4 Å². The topological polar surface area (TPSA) is 161 Å². The van der Waals surface area contributed by atoms with Gasteiger partial charge in [-0.3, -0.25) is 0 Å². The van der Waals surface area contributed by atoms with Crippen molar-refractivity contribution >= 4 is 24.0 Å². The molecular weight excluding hydrogens is 359 g/mol. The van der Waals surface area contributed by atoms with Crippen molar-refractivity contribution in [1.82, 2.24) is 10.9 Å². The monoisotopic (exact) mass is 375 g/mol. The number of hydrazone groups is 2. The van der Waals surface area contributed by atoms with Crippen LogP contribution in [-0.2, 0) is 17.1 Å². The fraction of sp³-hybridized carbons (Fsp3) is 0.0769. The van der Waals surface area contributed by atoms with Gasteiger partial charge in [0.25, 0.3) is 0 Å². The molecule has 0 aliphatic rings. The standard InChI is InChI=1S/C7H9N3O2.C6H7N3O2.Mn/c1-5(9-10-7(8)11)6-3-2-4-12-6;7-6(10)9-8-4-5-2-1-3-11-5;/h2-4H,1H3,(H3,8,10,11);1-4H,(H3,7,9,10);/b9-5+;8-4+;. The molecule has 0 spiro atoms. The van der Waals surface area contributed by atoms with E-state index in [9.17, 15) is 9.59 Å². The molecule has 2 aromatic rings. The molecule has 2 rings (SSSR count). The smallest absolute Gasteiger partial charge is 0.332 e. The van der Waals surface area contributed by atoms with E-state index in [-0.39, 0.29) is 17.1 Å². The molecule has 6 N–H and O–H groups in total. The number of nitrogens with zero attached hydrogens (tertiary/aromatic N) is 2. The molecule has 1 radical (unpaired) electrons. The Morgan fingerprint density at radius 2 is 1.71 bits per heavy atom. The number of nitrogens with two attached hydrogens (primary N) is 2. The first-order valence-corrected chi connectivity index (χ1v) is 6.24. The Hall–Kier alpha value is -3.04. The van der Waals surface area contributed by atoms with Gasteiger partial charge < -0.3 is 20.3 Å². The zero-order valence-electron chi connectivity index (χ0n) is 12.6. The molecule has 4 amide bonds. The maximum absolute atomic E-state index is 10.2. The Kier molecular flexibility index (Phi) is 10.1. The number of furan rings is 2. The molecule has 0 aromatic carbocycles. The summed E-state index contributed by atoms with van der Waals surface area (Å²) in [5, 5.41) is 7.13. The van der Waals surface area contributed by atoms with E-state index in [4.69, 9.17) is 20.3 Å². The van der Waals surface area contributed by atoms with Gasteiger partial charge in [0.2, 0.25) is 0 Å². The van der Waals surface area contributed by atoms with Crippen LogP contribution in [0.25, 0.3) is 0 Å². The molecule has 11 heteroatoms. The van der Waals surface area contributed by atoms with Crippen LogP contribution >= 0.6 is 0 Å². The fourth-order valence-corrected chi connectivity index (χ4v) is 1.20. The first-order chi connectivity index (χ1) is 11.0. The van der Waals surface area contributed by atoms with E-state index in [1.54, 1.807) is 31.2 Å². The minimum Gasteiger partial charge on any atom is -0.463 e. The summed E-state index contributed by atoms with van der Waals surface area (Å²) >= 11 is 0. The van der Waals surface area contributed by atoms with Gasteiger partial charge in [-0.05, 0) is 31.2 Å². The van der Waals surface area contributed by atoms with Crippen molar-refractivity contribution in [3.05, 3.63) is 48.3 Å². The molecular formula is C13H16MnN6O4. The summed E-state index contributed by atoms with van der Waals surface area (Å²) in [6, 6.07) is 5.49. The molecule has 2 heterocycles. The molecule has 0 unspecified atom stereocenters. The average Bonchev–Trinajstić information content (AvgIpc) is 3.18. The van der Waals surface area contributed by atoms with Crippen LogP contribution in [0.1, 0.15) is 18.4 Å². The molecule has 129 valence electrons. The average molecular weight is 375 g/mol. The van der Waals surface area contributed by atoms with Crippen molar-refractivity contribution in [3.8, 4) is 0 Å². The summed E-state index contributed by atoms with van der Waals surface area (Å²) in [5.41, 5.74) is 14.2. The number of carbonyl (C=O) groups is 2. The largest absolute Gasteiger partial charge is 0.463 e. The number of urea groups is 2. The number of carbonyl (C=O) groups excluding carboxylic acids is 2. The van der Waals surface area contributed by atoms with Crippen molar-refractivity contribution in [2.75, 3.05) is 0 Å². The third-order valence-corrected chi connectivity index (χ3v) is 2.12. The van der Waals surface area contributed by atoms with Crippen LogP contribution in [0.3, 0.4) is 0 Å². The molecule has 0 saturated heterocycles. The van der Waals surface area contributed by atoms with Crippen molar-refractivity contribution in [1.29, 1.82) is 0 Å². The first-order valence-electron chi connectivity index (χ1n) is 6.24. The van der Waals surface area contributed by atoms with Gasteiger partial charge >= 0.3 is 12.1 Å². The van der Waals surface area contributed by atoms with Gasteiger partial charge in [0, 0.05) is 17.1 Å². The number of amides is 4. The van der Waals surface area contributed by atoms with Crippen molar-refractivity contribution in [2.45, 2.75) is 6.92 Å². The Balaban J connectivity index is 0.000000425. The second kappa shape index (κ2) is 11.5. The normalized spacial score (nSPS) is 10.3. The molecule has 0 atom stereocenters. The van der Waals surface area contributed by atoms with Crippen LogP contribution in [0.4, 0.5) is 9.59 Å². The number of hydrogen-bond acceptors (Lipinski definition) is 6. The van der Waals surface area contributed by atoms with Gasteiger partial charge in [-0.1, -0.05) is 0 Å². The molecule has 10 nitrogen and oxygen atoms in total. The Morgan fingerprint density at radius 1 is 1.08 bits per heavy atom. The maximum Gasteiger partial charge on any atom is 0.332 e. The molecule has 0 aliphatic heterocycles. The zero-order chi connectivity index (χ0) is 17.1.